The van der Waals surface area contributed by atoms with Crippen molar-refractivity contribution in [2.45, 2.75) is 24.0 Å². The lowest BCUT2D eigenvalue weighted by atomic mass is 9.99. The number of halogens is 2. The zero-order chi connectivity index (χ0) is 10.3. The number of thioether (sulfide) groups is 1. The minimum Gasteiger partial charge on any atom is -0.323 e. The van der Waals surface area contributed by atoms with Crippen molar-refractivity contribution in [2.24, 2.45) is 5.73 Å². The van der Waals surface area contributed by atoms with Gasteiger partial charge in [0.2, 0.25) is 0 Å². The van der Waals surface area contributed by atoms with Crippen molar-refractivity contribution in [2.75, 3.05) is 0 Å². The summed E-state index contributed by atoms with van der Waals surface area (Å²) >= 11 is 4.99. The predicted octanol–water partition coefficient (Wildman–Crippen LogP) is 3.22. The molecule has 0 aromatic heterocycles. The highest BCUT2D eigenvalue weighted by Gasteiger charge is 2.26. The van der Waals surface area contributed by atoms with Gasteiger partial charge >= 0.3 is 0 Å². The Kier molecular flexibility index (Phi) is 2.86. The average molecular weight is 276 g/mol. The number of hydrogen-bond donors (Lipinski definition) is 1. The smallest absolute Gasteiger partial charge is 0.128 e. The maximum Gasteiger partial charge on any atom is 0.128 e. The minimum atomic E-state index is -0.149. The molecule has 76 valence electrons. The first-order chi connectivity index (χ1) is 6.59. The van der Waals surface area contributed by atoms with Crippen LogP contribution in [0.4, 0.5) is 4.39 Å². The molecule has 0 fully saturated rings. The van der Waals surface area contributed by atoms with E-state index in [4.69, 9.17) is 5.73 Å². The van der Waals surface area contributed by atoms with Gasteiger partial charge in [0.25, 0.3) is 0 Å². The summed E-state index contributed by atoms with van der Waals surface area (Å²) in [6, 6.07) is 3.37. The van der Waals surface area contributed by atoms with E-state index in [1.807, 2.05) is 6.07 Å². The topological polar surface area (TPSA) is 26.0 Å². The maximum absolute atomic E-state index is 13.5. The first kappa shape index (κ1) is 10.5. The van der Waals surface area contributed by atoms with Crippen LogP contribution in [0, 0.1) is 5.82 Å². The maximum atomic E-state index is 13.5. The van der Waals surface area contributed by atoms with Crippen LogP contribution in [0.1, 0.15) is 24.1 Å². The Morgan fingerprint density at radius 1 is 1.57 bits per heavy atom. The zero-order valence-electron chi connectivity index (χ0n) is 7.76. The summed E-state index contributed by atoms with van der Waals surface area (Å²) in [4.78, 5) is 0. The third-order valence-electron chi connectivity index (χ3n) is 2.55. The molecule has 1 nitrogen and oxygen atoms in total. The predicted molar refractivity (Wildman–Crippen MR) is 61.8 cm³/mol. The fraction of sp³-hybridized carbons (Fsp3) is 0.400. The quantitative estimate of drug-likeness (QED) is 0.787. The largest absolute Gasteiger partial charge is 0.323 e. The fourth-order valence-corrected chi connectivity index (χ4v) is 3.18. The molecule has 2 unspecified atom stereocenters. The highest BCUT2D eigenvalue weighted by molar-refractivity contribution is 9.10. The van der Waals surface area contributed by atoms with Crippen LogP contribution in [0.5, 0.6) is 0 Å². The van der Waals surface area contributed by atoms with E-state index in [2.05, 4.69) is 22.9 Å². The van der Waals surface area contributed by atoms with Crippen molar-refractivity contribution in [3.63, 3.8) is 0 Å². The van der Waals surface area contributed by atoms with E-state index in [0.29, 0.717) is 5.25 Å². The van der Waals surface area contributed by atoms with E-state index >= 15 is 0 Å². The van der Waals surface area contributed by atoms with Crippen molar-refractivity contribution >= 4 is 27.7 Å². The monoisotopic (exact) mass is 275 g/mol. The van der Waals surface area contributed by atoms with E-state index in [-0.39, 0.29) is 11.9 Å². The number of nitrogens with two attached hydrogens (primary N) is 1. The van der Waals surface area contributed by atoms with E-state index in [1.54, 1.807) is 11.8 Å². The van der Waals surface area contributed by atoms with Crippen LogP contribution >= 0.6 is 27.7 Å². The Balaban J connectivity index is 2.54. The van der Waals surface area contributed by atoms with Crippen molar-refractivity contribution in [1.29, 1.82) is 0 Å². The van der Waals surface area contributed by atoms with Gasteiger partial charge in [-0.15, -0.1) is 0 Å². The lowest BCUT2D eigenvalue weighted by Gasteiger charge is -2.28. The lowest BCUT2D eigenvalue weighted by molar-refractivity contribution is 0.599. The van der Waals surface area contributed by atoms with E-state index in [9.17, 15) is 4.39 Å². The average Bonchev–Trinajstić information content (AvgIpc) is 2.12. The summed E-state index contributed by atoms with van der Waals surface area (Å²) in [5.74, 6) is 0.577. The summed E-state index contributed by atoms with van der Waals surface area (Å²) in [6.45, 7) is 2.08. The standard InChI is InChI=1S/C10H11BrFNS/c1-5-10(13)7-2-6(11)3-9(12)8(7)4-14-5/h2-3,5,10H,4,13H2,1H3. The van der Waals surface area contributed by atoms with Crippen LogP contribution in [0.2, 0.25) is 0 Å². The van der Waals surface area contributed by atoms with Gasteiger partial charge in [-0.25, -0.2) is 4.39 Å². The van der Waals surface area contributed by atoms with Gasteiger partial charge in [-0.2, -0.15) is 11.8 Å². The summed E-state index contributed by atoms with van der Waals surface area (Å²) in [7, 11) is 0. The van der Waals surface area contributed by atoms with Crippen molar-refractivity contribution < 1.29 is 4.39 Å². The Morgan fingerprint density at radius 3 is 3.00 bits per heavy atom. The summed E-state index contributed by atoms with van der Waals surface area (Å²) in [5.41, 5.74) is 7.73. The molecule has 4 heteroatoms. The van der Waals surface area contributed by atoms with Gasteiger partial charge in [0.15, 0.2) is 0 Å². The molecule has 2 atom stereocenters. The molecule has 2 rings (SSSR count). The van der Waals surface area contributed by atoms with Gasteiger partial charge in [0.05, 0.1) is 0 Å². The summed E-state index contributed by atoms with van der Waals surface area (Å²) in [5, 5.41) is 0.358. The minimum absolute atomic E-state index is 0.0595. The van der Waals surface area contributed by atoms with Crippen molar-refractivity contribution in [3.8, 4) is 0 Å². The molecule has 0 saturated carbocycles. The van der Waals surface area contributed by atoms with Gasteiger partial charge in [-0.1, -0.05) is 22.9 Å². The zero-order valence-corrected chi connectivity index (χ0v) is 10.2. The normalized spacial score (nSPS) is 26.0. The first-order valence-electron chi connectivity index (χ1n) is 4.44. The van der Waals surface area contributed by atoms with E-state index in [0.717, 1.165) is 21.4 Å². The van der Waals surface area contributed by atoms with Crippen LogP contribution in [0.25, 0.3) is 0 Å². The number of rotatable bonds is 0. The van der Waals surface area contributed by atoms with Crippen molar-refractivity contribution in [1.82, 2.24) is 0 Å². The summed E-state index contributed by atoms with van der Waals surface area (Å²) in [6.07, 6.45) is 0. The molecular weight excluding hydrogens is 265 g/mol. The van der Waals surface area contributed by atoms with Gasteiger partial charge in [-0.05, 0) is 17.7 Å². The molecule has 0 amide bonds. The Hall–Kier alpha value is -0.0600. The second kappa shape index (κ2) is 3.83. The molecule has 1 heterocycles. The first-order valence-corrected chi connectivity index (χ1v) is 6.29. The van der Waals surface area contributed by atoms with Gasteiger partial charge in [-0.3, -0.25) is 0 Å². The molecule has 0 aliphatic carbocycles. The Bertz CT molecular complexity index is 369. The second-order valence-corrected chi connectivity index (χ2v) is 5.78. The second-order valence-electron chi connectivity index (χ2n) is 3.50. The van der Waals surface area contributed by atoms with Crippen LogP contribution in [-0.2, 0) is 5.75 Å². The Labute approximate surface area is 95.4 Å². The SMILES string of the molecule is CC1SCc2c(F)cc(Br)cc2C1N. The molecule has 0 radical (unpaired) electrons. The highest BCUT2D eigenvalue weighted by atomic mass is 79.9. The van der Waals surface area contributed by atoms with Crippen LogP contribution in [0.15, 0.2) is 16.6 Å². The lowest BCUT2D eigenvalue weighted by Crippen LogP contribution is -2.26. The Morgan fingerprint density at radius 2 is 2.29 bits per heavy atom. The van der Waals surface area contributed by atoms with Crippen LogP contribution < -0.4 is 5.73 Å². The highest BCUT2D eigenvalue weighted by Crippen LogP contribution is 2.38. The van der Waals surface area contributed by atoms with E-state index in [1.165, 1.54) is 6.07 Å². The molecule has 0 spiro atoms. The molecule has 0 bridgehead atoms. The molecule has 1 aromatic rings. The van der Waals surface area contributed by atoms with Crippen molar-refractivity contribution in [3.05, 3.63) is 33.5 Å². The molecule has 2 N–H and O–H groups in total. The number of benzene rings is 1. The van der Waals surface area contributed by atoms with Gasteiger partial charge in [0.1, 0.15) is 5.82 Å². The molecule has 14 heavy (non-hydrogen) atoms. The van der Waals surface area contributed by atoms with Gasteiger partial charge < -0.3 is 5.73 Å². The molecule has 1 aliphatic heterocycles. The molecule has 0 saturated heterocycles. The molecule has 1 aromatic carbocycles. The number of hydrogen-bond acceptors (Lipinski definition) is 2. The summed E-state index contributed by atoms with van der Waals surface area (Å²) < 4.78 is 14.3. The molecule has 1 aliphatic rings. The van der Waals surface area contributed by atoms with Gasteiger partial charge in [0, 0.05) is 27.1 Å². The number of fused-ring (bicyclic) bond motifs is 1. The van der Waals surface area contributed by atoms with Crippen LogP contribution in [0.3, 0.4) is 0 Å². The van der Waals surface area contributed by atoms with E-state index < -0.39 is 0 Å². The third kappa shape index (κ3) is 1.71. The fourth-order valence-electron chi connectivity index (χ4n) is 1.64. The molecular formula is C10H11BrFNS. The van der Waals surface area contributed by atoms with Crippen LogP contribution in [-0.4, -0.2) is 5.25 Å². The third-order valence-corrected chi connectivity index (χ3v) is 4.28.